The number of benzene rings is 1. The van der Waals surface area contributed by atoms with Crippen LogP contribution >= 0.6 is 11.3 Å². The first kappa shape index (κ1) is 13.5. The molecule has 1 N–H and O–H groups in total. The molecule has 5 heteroatoms. The van der Waals surface area contributed by atoms with Gasteiger partial charge in [0.1, 0.15) is 11.6 Å². The van der Waals surface area contributed by atoms with Crippen LogP contribution in [-0.2, 0) is 6.54 Å². The van der Waals surface area contributed by atoms with Gasteiger partial charge in [-0.1, -0.05) is 0 Å². The maximum absolute atomic E-state index is 13.7. The number of ether oxygens (including phenoxy) is 1. The molecule has 0 aliphatic rings. The number of methoxy groups -OCH3 is 1. The predicted octanol–water partition coefficient (Wildman–Crippen LogP) is 3.13. The van der Waals surface area contributed by atoms with Crippen LogP contribution in [0.2, 0.25) is 0 Å². The maximum Gasteiger partial charge on any atom is 0.254 e. The third kappa shape index (κ3) is 3.12. The minimum Gasteiger partial charge on any atom is -0.497 e. The van der Waals surface area contributed by atoms with Crippen LogP contribution in [0.3, 0.4) is 0 Å². The van der Waals surface area contributed by atoms with Crippen molar-refractivity contribution in [1.29, 1.82) is 0 Å². The molecule has 0 unspecified atom stereocenters. The summed E-state index contributed by atoms with van der Waals surface area (Å²) < 4.78 is 18.6. The Kier molecular flexibility index (Phi) is 4.16. The van der Waals surface area contributed by atoms with Gasteiger partial charge >= 0.3 is 0 Å². The van der Waals surface area contributed by atoms with Crippen molar-refractivity contribution in [1.82, 2.24) is 5.32 Å². The Balaban J connectivity index is 2.06. The third-order valence-corrected chi connectivity index (χ3v) is 3.73. The zero-order chi connectivity index (χ0) is 13.8. The SMILES string of the molecule is COc1ccc(C(=O)NCc2cscc2C)c(F)c1. The number of thiophene rings is 1. The normalized spacial score (nSPS) is 10.3. The van der Waals surface area contributed by atoms with Crippen LogP contribution < -0.4 is 10.1 Å². The summed E-state index contributed by atoms with van der Waals surface area (Å²) in [6.45, 7) is 2.38. The molecule has 100 valence electrons. The summed E-state index contributed by atoms with van der Waals surface area (Å²) in [7, 11) is 1.45. The van der Waals surface area contributed by atoms with Crippen LogP contribution in [0, 0.1) is 12.7 Å². The Morgan fingerprint density at radius 2 is 2.21 bits per heavy atom. The second kappa shape index (κ2) is 5.84. The van der Waals surface area contributed by atoms with Crippen molar-refractivity contribution in [2.45, 2.75) is 13.5 Å². The van der Waals surface area contributed by atoms with E-state index in [2.05, 4.69) is 5.32 Å². The molecule has 0 saturated heterocycles. The highest BCUT2D eigenvalue weighted by Crippen LogP contribution is 2.17. The minimum absolute atomic E-state index is 0.0219. The summed E-state index contributed by atoms with van der Waals surface area (Å²) in [5, 5.41) is 6.69. The highest BCUT2D eigenvalue weighted by molar-refractivity contribution is 7.08. The Labute approximate surface area is 115 Å². The van der Waals surface area contributed by atoms with E-state index in [1.54, 1.807) is 17.4 Å². The average Bonchev–Trinajstić information content (AvgIpc) is 2.81. The van der Waals surface area contributed by atoms with Crippen LogP contribution in [0.5, 0.6) is 5.75 Å². The van der Waals surface area contributed by atoms with Gasteiger partial charge in [0, 0.05) is 12.6 Å². The lowest BCUT2D eigenvalue weighted by Crippen LogP contribution is -2.23. The first-order chi connectivity index (χ1) is 9.11. The summed E-state index contributed by atoms with van der Waals surface area (Å²) >= 11 is 1.58. The summed E-state index contributed by atoms with van der Waals surface area (Å²) in [6.07, 6.45) is 0. The molecule has 0 fully saturated rings. The molecule has 0 saturated carbocycles. The quantitative estimate of drug-likeness (QED) is 0.933. The Morgan fingerprint density at radius 3 is 2.79 bits per heavy atom. The van der Waals surface area contributed by atoms with Crippen LogP contribution in [0.25, 0.3) is 0 Å². The molecule has 0 aliphatic heterocycles. The molecule has 0 spiro atoms. The van der Waals surface area contributed by atoms with Gasteiger partial charge in [-0.05, 0) is 40.9 Å². The number of hydrogen-bond acceptors (Lipinski definition) is 3. The van der Waals surface area contributed by atoms with Crippen LogP contribution in [-0.4, -0.2) is 13.0 Å². The smallest absolute Gasteiger partial charge is 0.254 e. The van der Waals surface area contributed by atoms with Gasteiger partial charge in [-0.2, -0.15) is 11.3 Å². The lowest BCUT2D eigenvalue weighted by Gasteiger charge is -2.07. The Morgan fingerprint density at radius 1 is 1.42 bits per heavy atom. The molecular weight excluding hydrogens is 265 g/mol. The van der Waals surface area contributed by atoms with E-state index in [1.165, 1.54) is 19.2 Å². The largest absolute Gasteiger partial charge is 0.497 e. The van der Waals surface area contributed by atoms with Gasteiger partial charge < -0.3 is 10.1 Å². The molecular formula is C14H14FNO2S. The zero-order valence-corrected chi connectivity index (χ0v) is 11.5. The van der Waals surface area contributed by atoms with Crippen LogP contribution in [0.15, 0.2) is 29.0 Å². The van der Waals surface area contributed by atoms with Crippen molar-refractivity contribution in [2.75, 3.05) is 7.11 Å². The molecule has 0 aliphatic carbocycles. The molecule has 1 aromatic carbocycles. The zero-order valence-electron chi connectivity index (χ0n) is 10.7. The number of carbonyl (C=O) groups is 1. The number of rotatable bonds is 4. The van der Waals surface area contributed by atoms with Crippen molar-refractivity contribution in [3.8, 4) is 5.75 Å². The van der Waals surface area contributed by atoms with Crippen molar-refractivity contribution in [3.05, 3.63) is 51.5 Å². The lowest BCUT2D eigenvalue weighted by molar-refractivity contribution is 0.0947. The minimum atomic E-state index is -0.584. The van der Waals surface area contributed by atoms with Gasteiger partial charge in [-0.25, -0.2) is 4.39 Å². The van der Waals surface area contributed by atoms with Crippen LogP contribution in [0.1, 0.15) is 21.5 Å². The summed E-state index contributed by atoms with van der Waals surface area (Å²) in [6, 6.07) is 4.18. The third-order valence-electron chi connectivity index (χ3n) is 2.82. The second-order valence-corrected chi connectivity index (χ2v) is 4.85. The molecule has 1 amide bonds. The van der Waals surface area contributed by atoms with E-state index in [4.69, 9.17) is 4.74 Å². The van der Waals surface area contributed by atoms with Gasteiger partial charge in [-0.3, -0.25) is 4.79 Å². The molecule has 0 atom stereocenters. The van der Waals surface area contributed by atoms with E-state index >= 15 is 0 Å². The molecule has 0 radical (unpaired) electrons. The maximum atomic E-state index is 13.7. The topological polar surface area (TPSA) is 38.3 Å². The molecule has 0 bridgehead atoms. The number of halogens is 1. The van der Waals surface area contributed by atoms with Crippen molar-refractivity contribution >= 4 is 17.2 Å². The summed E-state index contributed by atoms with van der Waals surface area (Å²) in [5.74, 6) is -0.618. The Hall–Kier alpha value is -1.88. The van der Waals surface area contributed by atoms with Crippen molar-refractivity contribution in [3.63, 3.8) is 0 Å². The van der Waals surface area contributed by atoms with Gasteiger partial charge in [0.25, 0.3) is 5.91 Å². The van der Waals surface area contributed by atoms with Crippen molar-refractivity contribution < 1.29 is 13.9 Å². The van der Waals surface area contributed by atoms with Gasteiger partial charge in [0.15, 0.2) is 0 Å². The summed E-state index contributed by atoms with van der Waals surface area (Å²) in [4.78, 5) is 11.9. The lowest BCUT2D eigenvalue weighted by atomic mass is 10.1. The van der Waals surface area contributed by atoms with E-state index < -0.39 is 11.7 Å². The second-order valence-electron chi connectivity index (χ2n) is 4.11. The predicted molar refractivity (Wildman–Crippen MR) is 73.2 cm³/mol. The van der Waals surface area contributed by atoms with Crippen LogP contribution in [0.4, 0.5) is 4.39 Å². The number of aryl methyl sites for hydroxylation is 1. The Bertz CT molecular complexity index is 595. The number of carbonyl (C=O) groups excluding carboxylic acids is 1. The first-order valence-electron chi connectivity index (χ1n) is 5.75. The molecule has 1 aromatic heterocycles. The molecule has 1 heterocycles. The van der Waals surface area contributed by atoms with Crippen molar-refractivity contribution in [2.24, 2.45) is 0 Å². The fraction of sp³-hybridized carbons (Fsp3) is 0.214. The average molecular weight is 279 g/mol. The van der Waals surface area contributed by atoms with Gasteiger partial charge in [0.05, 0.1) is 12.7 Å². The van der Waals surface area contributed by atoms with E-state index in [0.717, 1.165) is 11.1 Å². The van der Waals surface area contributed by atoms with E-state index in [0.29, 0.717) is 12.3 Å². The number of amides is 1. The molecule has 3 nitrogen and oxygen atoms in total. The highest BCUT2D eigenvalue weighted by atomic mass is 32.1. The highest BCUT2D eigenvalue weighted by Gasteiger charge is 2.12. The fourth-order valence-corrected chi connectivity index (χ4v) is 2.50. The summed E-state index contributed by atoms with van der Waals surface area (Å²) in [5.41, 5.74) is 2.20. The molecule has 19 heavy (non-hydrogen) atoms. The fourth-order valence-electron chi connectivity index (χ4n) is 1.65. The van der Waals surface area contributed by atoms with E-state index in [9.17, 15) is 9.18 Å². The standard InChI is InChI=1S/C14H14FNO2S/c1-9-7-19-8-10(9)6-16-14(17)12-4-3-11(18-2)5-13(12)15/h3-5,7-8H,6H2,1-2H3,(H,16,17). The van der Waals surface area contributed by atoms with Gasteiger partial charge in [0.2, 0.25) is 0 Å². The number of nitrogens with one attached hydrogen (secondary N) is 1. The molecule has 2 rings (SSSR count). The van der Waals surface area contributed by atoms with E-state index in [-0.39, 0.29) is 5.56 Å². The number of hydrogen-bond donors (Lipinski definition) is 1. The monoisotopic (exact) mass is 279 g/mol. The van der Waals surface area contributed by atoms with Gasteiger partial charge in [-0.15, -0.1) is 0 Å². The molecule has 2 aromatic rings. The first-order valence-corrected chi connectivity index (χ1v) is 6.69. The van der Waals surface area contributed by atoms with E-state index in [1.807, 2.05) is 17.7 Å².